The first-order valence-corrected chi connectivity index (χ1v) is 11.9. The number of nitrogens with one attached hydrogen (secondary N) is 1. The average Bonchev–Trinajstić information content (AvgIpc) is 3.16. The number of likely N-dealkylation sites (N-methyl/N-ethyl adjacent to an activating group) is 1. The summed E-state index contributed by atoms with van der Waals surface area (Å²) in [6, 6.07) is 15.6. The minimum atomic E-state index is -0.844. The number of carboxylic acids is 1. The second kappa shape index (κ2) is 11.7. The minimum absolute atomic E-state index is 0.0483. The highest BCUT2D eigenvalue weighted by Gasteiger charge is 2.31. The number of alkyl carbamates (subject to hydrolysis) is 1. The van der Waals surface area contributed by atoms with Crippen molar-refractivity contribution in [3.63, 3.8) is 0 Å². The van der Waals surface area contributed by atoms with E-state index in [0.29, 0.717) is 25.8 Å². The molecule has 2 unspecified atom stereocenters. The van der Waals surface area contributed by atoms with E-state index in [1.54, 1.807) is 11.9 Å². The molecule has 1 aliphatic carbocycles. The maximum atomic E-state index is 13.0. The van der Waals surface area contributed by atoms with Crippen molar-refractivity contribution in [1.29, 1.82) is 0 Å². The molecule has 0 fully saturated rings. The molecule has 2 atom stereocenters. The van der Waals surface area contributed by atoms with Crippen LogP contribution in [0.15, 0.2) is 48.5 Å². The van der Waals surface area contributed by atoms with Crippen LogP contribution in [0, 0.1) is 5.92 Å². The molecule has 0 spiro atoms. The number of benzene rings is 2. The number of unbranched alkanes of at least 4 members (excludes halogenated alkanes) is 1. The molecule has 1 aliphatic rings. The van der Waals surface area contributed by atoms with E-state index in [0.717, 1.165) is 22.3 Å². The number of carboxylic acid groups (broad SMARTS) is 1. The van der Waals surface area contributed by atoms with Crippen LogP contribution in [0.2, 0.25) is 0 Å². The lowest BCUT2D eigenvalue weighted by atomic mass is 9.97. The van der Waals surface area contributed by atoms with Crippen LogP contribution in [0.3, 0.4) is 0 Å². The van der Waals surface area contributed by atoms with Gasteiger partial charge in [0.1, 0.15) is 12.6 Å². The van der Waals surface area contributed by atoms with E-state index in [1.165, 1.54) is 0 Å². The summed E-state index contributed by atoms with van der Waals surface area (Å²) in [4.78, 5) is 38.0. The largest absolute Gasteiger partial charge is 0.481 e. The Morgan fingerprint density at radius 2 is 1.62 bits per heavy atom. The van der Waals surface area contributed by atoms with E-state index in [2.05, 4.69) is 29.6 Å². The first-order chi connectivity index (χ1) is 16.3. The van der Waals surface area contributed by atoms with Crippen LogP contribution in [-0.4, -0.2) is 54.2 Å². The number of aliphatic carboxylic acids is 1. The maximum Gasteiger partial charge on any atom is 0.407 e. The normalized spacial score (nSPS) is 14.0. The number of carbonyl (C=O) groups is 3. The van der Waals surface area contributed by atoms with Crippen molar-refractivity contribution in [2.45, 2.75) is 51.5 Å². The maximum absolute atomic E-state index is 13.0. The summed E-state index contributed by atoms with van der Waals surface area (Å²) < 4.78 is 5.63. The third-order valence-corrected chi connectivity index (χ3v) is 6.61. The van der Waals surface area contributed by atoms with Gasteiger partial charge in [0.15, 0.2) is 0 Å². The topological polar surface area (TPSA) is 95.9 Å². The Morgan fingerprint density at radius 3 is 2.18 bits per heavy atom. The summed E-state index contributed by atoms with van der Waals surface area (Å²) in [5.41, 5.74) is 4.58. The average molecular weight is 467 g/mol. The van der Waals surface area contributed by atoms with Gasteiger partial charge in [-0.25, -0.2) is 4.79 Å². The van der Waals surface area contributed by atoms with Gasteiger partial charge in [-0.3, -0.25) is 9.59 Å². The number of hydrogen-bond donors (Lipinski definition) is 2. The zero-order valence-electron chi connectivity index (χ0n) is 20.1. The molecular formula is C27H34N2O5. The number of fused-ring (bicyclic) bond motifs is 3. The summed E-state index contributed by atoms with van der Waals surface area (Å²) in [5.74, 6) is -1.16. The molecular weight excluding hydrogens is 432 g/mol. The molecule has 2 aromatic carbocycles. The van der Waals surface area contributed by atoms with Crippen LogP contribution in [0.5, 0.6) is 0 Å². The van der Waals surface area contributed by atoms with E-state index in [9.17, 15) is 14.4 Å². The molecule has 0 aromatic heterocycles. The van der Waals surface area contributed by atoms with Crippen LogP contribution in [0.25, 0.3) is 11.1 Å². The Kier molecular flexibility index (Phi) is 8.68. The first-order valence-electron chi connectivity index (χ1n) is 11.9. The van der Waals surface area contributed by atoms with Crippen molar-refractivity contribution in [1.82, 2.24) is 10.2 Å². The highest BCUT2D eigenvalue weighted by molar-refractivity contribution is 5.86. The van der Waals surface area contributed by atoms with E-state index in [4.69, 9.17) is 9.84 Å². The number of hydrogen-bond acceptors (Lipinski definition) is 4. The fraction of sp³-hybridized carbons (Fsp3) is 0.444. The molecule has 0 saturated heterocycles. The van der Waals surface area contributed by atoms with Crippen LogP contribution in [0.1, 0.15) is 56.6 Å². The van der Waals surface area contributed by atoms with Gasteiger partial charge in [-0.2, -0.15) is 0 Å². The van der Waals surface area contributed by atoms with Crippen LogP contribution in [-0.2, 0) is 14.3 Å². The lowest BCUT2D eigenvalue weighted by Crippen LogP contribution is -2.51. The van der Waals surface area contributed by atoms with Gasteiger partial charge in [0.25, 0.3) is 0 Å². The molecule has 0 aliphatic heterocycles. The van der Waals surface area contributed by atoms with Crippen molar-refractivity contribution in [2.24, 2.45) is 5.92 Å². The second-order valence-electron chi connectivity index (χ2n) is 8.94. The van der Waals surface area contributed by atoms with Gasteiger partial charge >= 0.3 is 12.1 Å². The summed E-state index contributed by atoms with van der Waals surface area (Å²) in [6.07, 6.45) is 1.27. The molecule has 34 heavy (non-hydrogen) atoms. The van der Waals surface area contributed by atoms with Gasteiger partial charge in [0, 0.05) is 25.9 Å². The van der Waals surface area contributed by atoms with Crippen molar-refractivity contribution >= 4 is 18.0 Å². The molecule has 182 valence electrons. The highest BCUT2D eigenvalue weighted by Crippen LogP contribution is 2.44. The Hall–Kier alpha value is -3.35. The Labute approximate surface area is 201 Å². The summed E-state index contributed by atoms with van der Waals surface area (Å²) in [7, 11) is 1.68. The van der Waals surface area contributed by atoms with Crippen LogP contribution < -0.4 is 5.32 Å². The van der Waals surface area contributed by atoms with Crippen molar-refractivity contribution in [3.05, 3.63) is 59.7 Å². The minimum Gasteiger partial charge on any atom is -0.481 e. The highest BCUT2D eigenvalue weighted by atomic mass is 16.5. The predicted molar refractivity (Wildman–Crippen MR) is 131 cm³/mol. The monoisotopic (exact) mass is 466 g/mol. The molecule has 2 aromatic rings. The third-order valence-electron chi connectivity index (χ3n) is 6.61. The molecule has 0 heterocycles. The zero-order valence-corrected chi connectivity index (χ0v) is 20.1. The smallest absolute Gasteiger partial charge is 0.407 e. The predicted octanol–water partition coefficient (Wildman–Crippen LogP) is 4.65. The van der Waals surface area contributed by atoms with E-state index in [1.807, 2.05) is 38.1 Å². The van der Waals surface area contributed by atoms with Gasteiger partial charge in [0.05, 0.1) is 0 Å². The number of amides is 2. The lowest BCUT2D eigenvalue weighted by molar-refractivity contribution is -0.137. The molecule has 2 N–H and O–H groups in total. The molecule has 2 amide bonds. The molecule has 0 saturated carbocycles. The first kappa shape index (κ1) is 25.3. The van der Waals surface area contributed by atoms with E-state index < -0.39 is 18.1 Å². The number of ether oxygens (including phenoxy) is 1. The van der Waals surface area contributed by atoms with Gasteiger partial charge < -0.3 is 20.1 Å². The Morgan fingerprint density at radius 1 is 1.03 bits per heavy atom. The summed E-state index contributed by atoms with van der Waals surface area (Å²) in [5, 5.41) is 11.6. The van der Waals surface area contributed by atoms with Crippen LogP contribution in [0.4, 0.5) is 4.79 Å². The quantitative estimate of drug-likeness (QED) is 0.470. The number of nitrogens with zero attached hydrogens (tertiary/aromatic N) is 1. The fourth-order valence-corrected chi connectivity index (χ4v) is 4.42. The van der Waals surface area contributed by atoms with Gasteiger partial charge in [-0.05, 0) is 41.0 Å². The second-order valence-corrected chi connectivity index (χ2v) is 8.94. The third kappa shape index (κ3) is 5.95. The number of rotatable bonds is 11. The van der Waals surface area contributed by atoms with Gasteiger partial charge in [-0.15, -0.1) is 0 Å². The molecule has 0 bridgehead atoms. The van der Waals surface area contributed by atoms with Crippen molar-refractivity contribution < 1.29 is 24.2 Å². The lowest BCUT2D eigenvalue weighted by Gasteiger charge is -2.28. The van der Waals surface area contributed by atoms with Crippen LogP contribution >= 0.6 is 0 Å². The summed E-state index contributed by atoms with van der Waals surface area (Å²) in [6.45, 7) is 4.51. The molecule has 0 radical (unpaired) electrons. The Balaban J connectivity index is 1.61. The zero-order chi connectivity index (χ0) is 24.7. The van der Waals surface area contributed by atoms with Gasteiger partial charge in [-0.1, -0.05) is 68.8 Å². The SMILES string of the molecule is CCC(C)C(NC(=O)OCC1c2ccccc2-c2ccccc21)C(=O)N(C)CCCCC(=O)O. The van der Waals surface area contributed by atoms with Gasteiger partial charge in [0.2, 0.25) is 5.91 Å². The Bertz CT molecular complexity index is 976. The van der Waals surface area contributed by atoms with Crippen molar-refractivity contribution in [3.8, 4) is 11.1 Å². The molecule has 7 nitrogen and oxygen atoms in total. The van der Waals surface area contributed by atoms with E-state index >= 15 is 0 Å². The fourth-order valence-electron chi connectivity index (χ4n) is 4.42. The molecule has 7 heteroatoms. The van der Waals surface area contributed by atoms with Crippen molar-refractivity contribution in [2.75, 3.05) is 20.2 Å². The van der Waals surface area contributed by atoms with E-state index in [-0.39, 0.29) is 30.8 Å². The standard InChI is InChI=1S/C27H34N2O5/c1-4-18(2)25(26(32)29(3)16-10-9-15-24(30)31)28-27(33)34-17-23-21-13-7-5-11-19(21)20-12-6-8-14-22(20)23/h5-8,11-14,18,23,25H,4,9-10,15-17H2,1-3H3,(H,28,33)(H,30,31). The molecule has 3 rings (SSSR count). The number of carbonyl (C=O) groups excluding carboxylic acids is 2. The summed E-state index contributed by atoms with van der Waals surface area (Å²) >= 11 is 0.